The molecule has 20 heavy (non-hydrogen) atoms. The molecule has 0 spiro atoms. The van der Waals surface area contributed by atoms with Gasteiger partial charge in [-0.1, -0.05) is 12.1 Å². The van der Waals surface area contributed by atoms with Gasteiger partial charge in [-0.25, -0.2) is 9.37 Å². The van der Waals surface area contributed by atoms with E-state index in [2.05, 4.69) is 11.1 Å². The number of halogens is 2. The minimum Gasteiger partial charge on any atom is -0.295 e. The summed E-state index contributed by atoms with van der Waals surface area (Å²) < 4.78 is 15.7. The Hall–Kier alpha value is -1.87. The molecular weight excluding hydrogens is 275 g/mol. The van der Waals surface area contributed by atoms with Crippen LogP contribution in [0.3, 0.4) is 0 Å². The second-order valence-electron chi connectivity index (χ2n) is 4.93. The Kier molecular flexibility index (Phi) is 3.22. The average Bonchev–Trinajstić information content (AvgIpc) is 2.77. The van der Waals surface area contributed by atoms with Gasteiger partial charge in [0.25, 0.3) is 0 Å². The zero-order chi connectivity index (χ0) is 14.3. The first-order valence-corrected chi connectivity index (χ1v) is 6.94. The maximum atomic E-state index is 13.7. The van der Waals surface area contributed by atoms with Gasteiger partial charge in [0.1, 0.15) is 11.6 Å². The van der Waals surface area contributed by atoms with Crippen molar-refractivity contribution in [3.05, 3.63) is 59.2 Å². The first-order valence-electron chi connectivity index (χ1n) is 6.40. The number of aryl methyl sites for hydroxylation is 2. The lowest BCUT2D eigenvalue weighted by Gasteiger charge is -2.09. The summed E-state index contributed by atoms with van der Waals surface area (Å²) in [6.07, 6.45) is 0. The van der Waals surface area contributed by atoms with Crippen LogP contribution >= 0.6 is 11.6 Å². The lowest BCUT2D eigenvalue weighted by molar-refractivity contribution is 0.620. The van der Waals surface area contributed by atoms with Crippen molar-refractivity contribution >= 4 is 22.6 Å². The van der Waals surface area contributed by atoms with Crippen molar-refractivity contribution in [2.24, 2.45) is 0 Å². The summed E-state index contributed by atoms with van der Waals surface area (Å²) in [5.41, 5.74) is 4.26. The number of fused-ring (bicyclic) bond motifs is 1. The Balaban J connectivity index is 2.35. The fraction of sp³-hybridized carbons (Fsp3) is 0.188. The Labute approximate surface area is 121 Å². The fourth-order valence-corrected chi connectivity index (χ4v) is 2.58. The summed E-state index contributed by atoms with van der Waals surface area (Å²) >= 11 is 6.00. The predicted molar refractivity (Wildman–Crippen MR) is 80.1 cm³/mol. The van der Waals surface area contributed by atoms with Gasteiger partial charge in [0.15, 0.2) is 0 Å². The van der Waals surface area contributed by atoms with E-state index in [1.165, 1.54) is 6.07 Å². The third kappa shape index (κ3) is 2.08. The third-order valence-corrected chi connectivity index (χ3v) is 3.62. The van der Waals surface area contributed by atoms with Gasteiger partial charge in [-0.05, 0) is 43.2 Å². The van der Waals surface area contributed by atoms with E-state index in [0.717, 1.165) is 22.6 Å². The van der Waals surface area contributed by atoms with Gasteiger partial charge in [0.2, 0.25) is 0 Å². The molecule has 0 aliphatic carbocycles. The molecule has 3 aromatic rings. The summed E-state index contributed by atoms with van der Waals surface area (Å²) in [4.78, 5) is 4.43. The molecular formula is C16H14ClFN2. The van der Waals surface area contributed by atoms with Crippen molar-refractivity contribution in [2.45, 2.75) is 19.7 Å². The van der Waals surface area contributed by atoms with Gasteiger partial charge in [-0.15, -0.1) is 11.6 Å². The smallest absolute Gasteiger partial charge is 0.129 e. The highest BCUT2D eigenvalue weighted by atomic mass is 35.5. The Morgan fingerprint density at radius 2 is 2.00 bits per heavy atom. The number of alkyl halides is 1. The molecule has 0 aliphatic rings. The van der Waals surface area contributed by atoms with Crippen LogP contribution in [0.5, 0.6) is 0 Å². The zero-order valence-electron chi connectivity index (χ0n) is 11.3. The van der Waals surface area contributed by atoms with Crippen molar-refractivity contribution in [1.29, 1.82) is 0 Å². The minimum atomic E-state index is -0.243. The number of benzene rings is 2. The van der Waals surface area contributed by atoms with E-state index in [9.17, 15) is 4.39 Å². The molecule has 0 amide bonds. The molecule has 0 saturated carbocycles. The highest BCUT2D eigenvalue weighted by Gasteiger charge is 2.13. The molecule has 0 bridgehead atoms. The van der Waals surface area contributed by atoms with Crippen LogP contribution in [0.15, 0.2) is 36.4 Å². The van der Waals surface area contributed by atoms with Crippen LogP contribution in [0.25, 0.3) is 16.7 Å². The van der Waals surface area contributed by atoms with Crippen LogP contribution in [0.4, 0.5) is 4.39 Å². The molecule has 3 rings (SSSR count). The maximum Gasteiger partial charge on any atom is 0.129 e. The topological polar surface area (TPSA) is 17.8 Å². The molecule has 0 N–H and O–H groups in total. The highest BCUT2D eigenvalue weighted by molar-refractivity contribution is 6.17. The molecule has 0 atom stereocenters. The first-order chi connectivity index (χ1) is 9.60. The number of rotatable bonds is 2. The van der Waals surface area contributed by atoms with E-state index >= 15 is 0 Å². The summed E-state index contributed by atoms with van der Waals surface area (Å²) in [6, 6.07) is 11.4. The van der Waals surface area contributed by atoms with Gasteiger partial charge in [0, 0.05) is 11.8 Å². The highest BCUT2D eigenvalue weighted by Crippen LogP contribution is 2.25. The maximum absolute atomic E-state index is 13.7. The van der Waals surface area contributed by atoms with E-state index in [1.54, 1.807) is 6.92 Å². The van der Waals surface area contributed by atoms with Crippen molar-refractivity contribution in [3.8, 4) is 5.69 Å². The molecule has 102 valence electrons. The molecule has 1 heterocycles. The zero-order valence-corrected chi connectivity index (χ0v) is 12.1. The summed E-state index contributed by atoms with van der Waals surface area (Å²) in [7, 11) is 0. The second kappa shape index (κ2) is 4.91. The lowest BCUT2D eigenvalue weighted by atomic mass is 10.2. The molecule has 1 aromatic heterocycles. The van der Waals surface area contributed by atoms with E-state index < -0.39 is 0 Å². The first kappa shape index (κ1) is 13.1. The van der Waals surface area contributed by atoms with E-state index in [-0.39, 0.29) is 11.7 Å². The summed E-state index contributed by atoms with van der Waals surface area (Å²) in [5.74, 6) is 0.758. The predicted octanol–water partition coefficient (Wildman–Crippen LogP) is 4.52. The molecule has 0 unspecified atom stereocenters. The number of hydrogen-bond acceptors (Lipinski definition) is 1. The molecule has 0 fully saturated rings. The van der Waals surface area contributed by atoms with Crippen molar-refractivity contribution in [2.75, 3.05) is 0 Å². The van der Waals surface area contributed by atoms with Crippen LogP contribution in [0, 0.1) is 19.7 Å². The van der Waals surface area contributed by atoms with Crippen LogP contribution in [0.2, 0.25) is 0 Å². The van der Waals surface area contributed by atoms with E-state index in [1.807, 2.05) is 35.8 Å². The quantitative estimate of drug-likeness (QED) is 0.634. The summed E-state index contributed by atoms with van der Waals surface area (Å²) in [6.45, 7) is 3.79. The number of imidazole rings is 1. The largest absolute Gasteiger partial charge is 0.295 e. The molecule has 2 nitrogen and oxygen atoms in total. The molecule has 2 aromatic carbocycles. The Morgan fingerprint density at radius 3 is 2.70 bits per heavy atom. The van der Waals surface area contributed by atoms with Crippen LogP contribution < -0.4 is 0 Å². The van der Waals surface area contributed by atoms with Gasteiger partial charge < -0.3 is 0 Å². The number of aromatic nitrogens is 2. The monoisotopic (exact) mass is 288 g/mol. The average molecular weight is 289 g/mol. The normalized spacial score (nSPS) is 11.2. The van der Waals surface area contributed by atoms with Crippen LogP contribution in [0.1, 0.15) is 17.0 Å². The SMILES string of the molecule is Cc1cccc(-n2c(CCl)nc3cc(F)c(C)cc32)c1. The van der Waals surface area contributed by atoms with Crippen LogP contribution in [-0.4, -0.2) is 9.55 Å². The van der Waals surface area contributed by atoms with Gasteiger partial charge in [-0.2, -0.15) is 0 Å². The molecule has 0 radical (unpaired) electrons. The van der Waals surface area contributed by atoms with Crippen molar-refractivity contribution in [1.82, 2.24) is 9.55 Å². The van der Waals surface area contributed by atoms with Crippen molar-refractivity contribution in [3.63, 3.8) is 0 Å². The Morgan fingerprint density at radius 1 is 1.20 bits per heavy atom. The fourth-order valence-electron chi connectivity index (χ4n) is 2.40. The molecule has 4 heteroatoms. The lowest BCUT2D eigenvalue weighted by Crippen LogP contribution is -1.99. The summed E-state index contributed by atoms with van der Waals surface area (Å²) in [5, 5.41) is 0. The Bertz CT molecular complexity index is 793. The van der Waals surface area contributed by atoms with Crippen LogP contribution in [-0.2, 0) is 5.88 Å². The van der Waals surface area contributed by atoms with E-state index in [4.69, 9.17) is 11.6 Å². The number of hydrogen-bond donors (Lipinski definition) is 0. The van der Waals surface area contributed by atoms with Crippen molar-refractivity contribution < 1.29 is 4.39 Å². The molecule has 0 saturated heterocycles. The third-order valence-electron chi connectivity index (χ3n) is 3.38. The van der Waals surface area contributed by atoms with Gasteiger partial charge >= 0.3 is 0 Å². The van der Waals surface area contributed by atoms with Gasteiger partial charge in [0.05, 0.1) is 16.9 Å². The second-order valence-corrected chi connectivity index (χ2v) is 5.19. The standard InChI is InChI=1S/C16H14ClFN2/c1-10-4-3-5-12(6-10)20-15-7-11(2)13(18)8-14(15)19-16(20)9-17/h3-8H,9H2,1-2H3. The van der Waals surface area contributed by atoms with E-state index in [0.29, 0.717) is 11.1 Å². The van der Waals surface area contributed by atoms with Gasteiger partial charge in [-0.3, -0.25) is 4.57 Å². The number of nitrogens with zero attached hydrogens (tertiary/aromatic N) is 2. The molecule has 0 aliphatic heterocycles. The minimum absolute atomic E-state index is 0.243.